The number of nitrogens with zero attached hydrogens (tertiary/aromatic N) is 5. The van der Waals surface area contributed by atoms with Crippen LogP contribution < -0.4 is 4.74 Å². The minimum Gasteiger partial charge on any atom is -0.489 e. The van der Waals surface area contributed by atoms with Crippen molar-refractivity contribution in [2.24, 2.45) is 0 Å². The minimum absolute atomic E-state index is 0.0488. The number of carbonyl (C=O) groups is 1. The number of aromatic nitrogens is 3. The summed E-state index contributed by atoms with van der Waals surface area (Å²) in [7, 11) is 1.63. The molecule has 0 unspecified atom stereocenters. The van der Waals surface area contributed by atoms with Gasteiger partial charge >= 0.3 is 0 Å². The van der Waals surface area contributed by atoms with E-state index >= 15 is 0 Å². The smallest absolute Gasteiger partial charge is 0.272 e. The van der Waals surface area contributed by atoms with Crippen LogP contribution in [0.15, 0.2) is 48.8 Å². The van der Waals surface area contributed by atoms with E-state index in [-0.39, 0.29) is 18.1 Å². The van der Waals surface area contributed by atoms with Crippen LogP contribution in [0.2, 0.25) is 0 Å². The predicted molar refractivity (Wildman–Crippen MR) is 141 cm³/mol. The maximum atomic E-state index is 12.7. The van der Waals surface area contributed by atoms with Crippen LogP contribution in [-0.2, 0) is 20.6 Å². The van der Waals surface area contributed by atoms with E-state index < -0.39 is 0 Å². The average Bonchev–Trinajstić information content (AvgIpc) is 2.95. The van der Waals surface area contributed by atoms with Gasteiger partial charge < -0.3 is 23.8 Å². The average molecular weight is 530 g/mol. The number of amides is 1. The van der Waals surface area contributed by atoms with Crippen molar-refractivity contribution in [1.82, 2.24) is 19.9 Å². The van der Waals surface area contributed by atoms with E-state index in [0.29, 0.717) is 74.5 Å². The fourth-order valence-electron chi connectivity index (χ4n) is 4.51. The second-order valence-corrected chi connectivity index (χ2v) is 9.53. The van der Waals surface area contributed by atoms with Crippen molar-refractivity contribution in [3.8, 4) is 23.1 Å². The Balaban J connectivity index is 1.20. The van der Waals surface area contributed by atoms with Crippen LogP contribution in [0.4, 0.5) is 0 Å². The number of hydrogen-bond donors (Lipinski definition) is 0. The Kier molecular flexibility index (Phi) is 8.73. The lowest BCUT2D eigenvalue weighted by atomic mass is 10.1. The summed E-state index contributed by atoms with van der Waals surface area (Å²) in [6, 6.07) is 13.2. The Hall–Kier alpha value is -3.91. The molecule has 0 saturated carbocycles. The monoisotopic (exact) mass is 529 g/mol. The molecule has 1 aromatic carbocycles. The van der Waals surface area contributed by atoms with Crippen LogP contribution >= 0.6 is 0 Å². The third kappa shape index (κ3) is 6.75. The lowest BCUT2D eigenvalue weighted by Crippen LogP contribution is -2.55. The largest absolute Gasteiger partial charge is 0.489 e. The lowest BCUT2D eigenvalue weighted by Gasteiger charge is -2.38. The van der Waals surface area contributed by atoms with Gasteiger partial charge in [-0.15, -0.1) is 0 Å². The van der Waals surface area contributed by atoms with Crippen LogP contribution in [0.1, 0.15) is 40.3 Å². The molecule has 0 atom stereocenters. The molecule has 2 fully saturated rings. The third-order valence-corrected chi connectivity index (χ3v) is 6.75. The zero-order valence-electron chi connectivity index (χ0n) is 21.9. The summed E-state index contributed by atoms with van der Waals surface area (Å²) in [6.07, 6.45) is 5.59. The molecule has 202 valence electrons. The number of likely N-dealkylation sites (tertiary alicyclic amines) is 1. The highest BCUT2D eigenvalue weighted by molar-refractivity contribution is 5.92. The Labute approximate surface area is 227 Å². The number of carbonyl (C=O) groups excluding carboxylic acids is 1. The maximum Gasteiger partial charge on any atom is 0.272 e. The summed E-state index contributed by atoms with van der Waals surface area (Å²) in [5, 5.41) is 9.71. The molecule has 4 heterocycles. The van der Waals surface area contributed by atoms with Crippen LogP contribution in [-0.4, -0.2) is 84.6 Å². The second-order valence-electron chi connectivity index (χ2n) is 9.53. The molecule has 2 aliphatic heterocycles. The molecule has 1 amide bonds. The van der Waals surface area contributed by atoms with E-state index in [1.54, 1.807) is 36.5 Å². The summed E-state index contributed by atoms with van der Waals surface area (Å²) < 4.78 is 22.1. The Morgan fingerprint density at radius 3 is 2.69 bits per heavy atom. The first-order valence-corrected chi connectivity index (χ1v) is 13.1. The number of ether oxygens (including phenoxy) is 4. The summed E-state index contributed by atoms with van der Waals surface area (Å²) in [4.78, 5) is 27.9. The first-order valence-electron chi connectivity index (χ1n) is 13.1. The van der Waals surface area contributed by atoms with Crippen molar-refractivity contribution in [3.05, 3.63) is 71.4 Å². The van der Waals surface area contributed by atoms with Gasteiger partial charge in [0, 0.05) is 57.4 Å². The highest BCUT2D eigenvalue weighted by Crippen LogP contribution is 2.27. The Bertz CT molecular complexity index is 1310. The zero-order chi connectivity index (χ0) is 27.0. The third-order valence-electron chi connectivity index (χ3n) is 6.75. The van der Waals surface area contributed by atoms with Crippen molar-refractivity contribution in [3.63, 3.8) is 0 Å². The zero-order valence-corrected chi connectivity index (χ0v) is 21.9. The number of pyridine rings is 1. The van der Waals surface area contributed by atoms with Gasteiger partial charge in [0.25, 0.3) is 5.91 Å². The summed E-state index contributed by atoms with van der Waals surface area (Å²) in [5.74, 6) is 1.09. The molecule has 10 heteroatoms. The van der Waals surface area contributed by atoms with Crippen molar-refractivity contribution in [2.75, 3.05) is 46.6 Å². The Morgan fingerprint density at radius 2 is 1.95 bits per heavy atom. The number of nitriles is 1. The number of hydrogen-bond acceptors (Lipinski definition) is 9. The first-order chi connectivity index (χ1) is 19.1. The summed E-state index contributed by atoms with van der Waals surface area (Å²) >= 11 is 0. The van der Waals surface area contributed by atoms with E-state index in [1.165, 1.54) is 0 Å². The molecule has 5 rings (SSSR count). The van der Waals surface area contributed by atoms with Gasteiger partial charge in [0.15, 0.2) is 0 Å². The normalized spacial score (nSPS) is 15.9. The van der Waals surface area contributed by atoms with E-state index in [9.17, 15) is 10.1 Å². The van der Waals surface area contributed by atoms with Gasteiger partial charge in [-0.3, -0.25) is 9.78 Å². The standard InChI is InChI=1S/C29H31N5O5/c1-36-12-13-38-24-18-34(19-24)29(35)26-4-2-20(17-32-26)14-28-31-9-6-25(33-28)21-3-5-27(22(15-21)16-30)39-23-7-10-37-11-8-23/h2-6,9,15,17,23-24H,7-8,10-14,18-19H2,1H3. The lowest BCUT2D eigenvalue weighted by molar-refractivity contribution is -0.0556. The SMILES string of the molecule is COCCOC1CN(C(=O)c2ccc(Cc3nccc(-c4ccc(OC5CCOCC5)c(C#N)c4)n3)cn2)C1. The Morgan fingerprint density at radius 1 is 1.10 bits per heavy atom. The highest BCUT2D eigenvalue weighted by Gasteiger charge is 2.32. The topological polar surface area (TPSA) is 120 Å². The van der Waals surface area contributed by atoms with E-state index in [2.05, 4.69) is 16.0 Å². The van der Waals surface area contributed by atoms with E-state index in [0.717, 1.165) is 24.0 Å². The number of rotatable bonds is 10. The highest BCUT2D eigenvalue weighted by atomic mass is 16.5. The maximum absolute atomic E-state index is 12.7. The first kappa shape index (κ1) is 26.7. The van der Waals surface area contributed by atoms with E-state index in [1.807, 2.05) is 24.3 Å². The van der Waals surface area contributed by atoms with Crippen LogP contribution in [0.5, 0.6) is 5.75 Å². The molecule has 0 bridgehead atoms. The van der Waals surface area contributed by atoms with Gasteiger partial charge in [0.05, 0.1) is 43.8 Å². The molecule has 0 spiro atoms. The van der Waals surface area contributed by atoms with Crippen molar-refractivity contribution in [2.45, 2.75) is 31.5 Å². The van der Waals surface area contributed by atoms with Crippen LogP contribution in [0.3, 0.4) is 0 Å². The van der Waals surface area contributed by atoms with Crippen LogP contribution in [0, 0.1) is 11.3 Å². The van der Waals surface area contributed by atoms with Gasteiger partial charge in [-0.25, -0.2) is 9.97 Å². The fraction of sp³-hybridized carbons (Fsp3) is 0.414. The van der Waals surface area contributed by atoms with Gasteiger partial charge in [0.2, 0.25) is 0 Å². The predicted octanol–water partition coefficient (Wildman–Crippen LogP) is 3.05. The molecule has 2 saturated heterocycles. The summed E-state index contributed by atoms with van der Waals surface area (Å²) in [6.45, 7) is 3.53. The molecular formula is C29H31N5O5. The molecule has 0 aliphatic carbocycles. The quantitative estimate of drug-likeness (QED) is 0.365. The molecular weight excluding hydrogens is 498 g/mol. The van der Waals surface area contributed by atoms with Crippen molar-refractivity contribution in [1.29, 1.82) is 5.26 Å². The molecule has 2 aliphatic rings. The van der Waals surface area contributed by atoms with E-state index in [4.69, 9.17) is 23.9 Å². The van der Waals surface area contributed by atoms with Gasteiger partial charge in [-0.1, -0.05) is 6.07 Å². The minimum atomic E-state index is -0.107. The molecule has 0 N–H and O–H groups in total. The molecule has 3 aromatic rings. The number of benzene rings is 1. The molecule has 0 radical (unpaired) electrons. The molecule has 39 heavy (non-hydrogen) atoms. The van der Waals surface area contributed by atoms with Gasteiger partial charge in [0.1, 0.15) is 29.4 Å². The summed E-state index contributed by atoms with van der Waals surface area (Å²) in [5.41, 5.74) is 3.29. The number of methoxy groups -OCH3 is 1. The van der Waals surface area contributed by atoms with Gasteiger partial charge in [-0.2, -0.15) is 5.26 Å². The molecule has 10 nitrogen and oxygen atoms in total. The second kappa shape index (κ2) is 12.8. The molecule has 2 aromatic heterocycles. The van der Waals surface area contributed by atoms with Crippen LogP contribution in [0.25, 0.3) is 11.3 Å². The van der Waals surface area contributed by atoms with Crippen molar-refractivity contribution >= 4 is 5.91 Å². The van der Waals surface area contributed by atoms with Gasteiger partial charge in [-0.05, 0) is 35.9 Å². The van der Waals surface area contributed by atoms with Crippen molar-refractivity contribution < 1.29 is 23.7 Å². The fourth-order valence-corrected chi connectivity index (χ4v) is 4.51.